The van der Waals surface area contributed by atoms with Gasteiger partial charge in [0.2, 0.25) is 5.78 Å². The lowest BCUT2D eigenvalue weighted by Gasteiger charge is -2.20. The van der Waals surface area contributed by atoms with Crippen LogP contribution in [0.4, 0.5) is 18.9 Å². The number of amides is 1. The number of hydrogen-bond acceptors (Lipinski definition) is 5. The monoisotopic (exact) mass is 397 g/mol. The number of nitrogens with one attached hydrogen (secondary N) is 1. The molecule has 29 heavy (non-hydrogen) atoms. The lowest BCUT2D eigenvalue weighted by atomic mass is 9.84. The van der Waals surface area contributed by atoms with E-state index in [9.17, 15) is 27.6 Å². The Morgan fingerprint density at radius 1 is 0.862 bits per heavy atom. The number of aromatic nitrogens is 2. The number of fused-ring (bicyclic) bond motifs is 2. The van der Waals surface area contributed by atoms with Crippen molar-refractivity contribution in [1.29, 1.82) is 0 Å². The molecule has 0 spiro atoms. The van der Waals surface area contributed by atoms with E-state index < -0.39 is 23.6 Å². The zero-order valence-electron chi connectivity index (χ0n) is 14.4. The standard InChI is InChI=1S/C20H10F3N3O3/c21-20(22,23)19(29)26-14-4-2-1-3-10(14)11-6-8-25-16-15(11)17(27)13-9-24-7-5-12(13)18(16)28/h1-9H,(H,26,29). The molecule has 1 N–H and O–H groups in total. The number of rotatable bonds is 2. The van der Waals surface area contributed by atoms with Crippen molar-refractivity contribution in [2.45, 2.75) is 6.18 Å². The Morgan fingerprint density at radius 2 is 1.59 bits per heavy atom. The number of para-hydroxylation sites is 1. The molecule has 1 aliphatic rings. The number of halogens is 3. The van der Waals surface area contributed by atoms with E-state index in [1.54, 1.807) is 0 Å². The average Bonchev–Trinajstić information content (AvgIpc) is 2.71. The smallest absolute Gasteiger partial charge is 0.318 e. The minimum atomic E-state index is -5.08. The number of anilines is 1. The summed E-state index contributed by atoms with van der Waals surface area (Å²) in [5.41, 5.74) is 0.255. The molecule has 0 bridgehead atoms. The molecule has 0 saturated heterocycles. The topological polar surface area (TPSA) is 89.0 Å². The van der Waals surface area contributed by atoms with Crippen LogP contribution in [0.25, 0.3) is 11.1 Å². The molecule has 2 aromatic heterocycles. The summed E-state index contributed by atoms with van der Waals surface area (Å²) in [7, 11) is 0. The molecule has 0 saturated carbocycles. The predicted molar refractivity (Wildman–Crippen MR) is 95.5 cm³/mol. The van der Waals surface area contributed by atoms with Crippen molar-refractivity contribution in [3.8, 4) is 11.1 Å². The van der Waals surface area contributed by atoms with Gasteiger partial charge in [0, 0.05) is 35.4 Å². The lowest BCUT2D eigenvalue weighted by Crippen LogP contribution is -2.30. The third-order valence-electron chi connectivity index (χ3n) is 4.43. The summed E-state index contributed by atoms with van der Waals surface area (Å²) >= 11 is 0. The molecule has 1 aliphatic carbocycles. The molecule has 3 aromatic rings. The SMILES string of the molecule is O=C1c2ccncc2C(=O)c2c(-c3ccccc3NC(=O)C(F)(F)F)ccnc21. The van der Waals surface area contributed by atoms with Crippen molar-refractivity contribution in [2.24, 2.45) is 0 Å². The van der Waals surface area contributed by atoms with Crippen LogP contribution in [0.2, 0.25) is 0 Å². The highest BCUT2D eigenvalue weighted by Gasteiger charge is 2.39. The van der Waals surface area contributed by atoms with Crippen LogP contribution in [-0.2, 0) is 4.79 Å². The van der Waals surface area contributed by atoms with E-state index in [1.807, 2.05) is 5.32 Å². The number of hydrogen-bond donors (Lipinski definition) is 1. The quantitative estimate of drug-likeness (QED) is 0.560. The molecule has 144 valence electrons. The second kappa shape index (κ2) is 6.62. The summed E-state index contributed by atoms with van der Waals surface area (Å²) in [6.07, 6.45) is -1.16. The molecule has 9 heteroatoms. The van der Waals surface area contributed by atoms with E-state index >= 15 is 0 Å². The first-order valence-corrected chi connectivity index (χ1v) is 8.29. The predicted octanol–water partition coefficient (Wildman–Crippen LogP) is 3.42. The third kappa shape index (κ3) is 3.06. The zero-order valence-corrected chi connectivity index (χ0v) is 14.4. The van der Waals surface area contributed by atoms with E-state index in [0.29, 0.717) is 0 Å². The van der Waals surface area contributed by atoms with E-state index in [4.69, 9.17) is 0 Å². The number of benzene rings is 1. The lowest BCUT2D eigenvalue weighted by molar-refractivity contribution is -0.167. The normalized spacial score (nSPS) is 12.9. The van der Waals surface area contributed by atoms with Crippen LogP contribution in [0.5, 0.6) is 0 Å². The number of alkyl halides is 3. The largest absolute Gasteiger partial charge is 0.471 e. The first-order chi connectivity index (χ1) is 13.8. The fraction of sp³-hybridized carbons (Fsp3) is 0.0500. The molecule has 4 rings (SSSR count). The van der Waals surface area contributed by atoms with Crippen LogP contribution in [0.3, 0.4) is 0 Å². The van der Waals surface area contributed by atoms with Crippen molar-refractivity contribution >= 4 is 23.2 Å². The summed E-state index contributed by atoms with van der Waals surface area (Å²) in [6, 6.07) is 8.51. The van der Waals surface area contributed by atoms with Crippen LogP contribution in [0, 0.1) is 0 Å². The molecular formula is C20H10F3N3O3. The first kappa shape index (κ1) is 18.5. The molecule has 0 atom stereocenters. The van der Waals surface area contributed by atoms with Gasteiger partial charge in [-0.05, 0) is 23.8 Å². The minimum Gasteiger partial charge on any atom is -0.318 e. The maximum Gasteiger partial charge on any atom is 0.471 e. The summed E-state index contributed by atoms with van der Waals surface area (Å²) < 4.78 is 38.1. The van der Waals surface area contributed by atoms with Crippen LogP contribution >= 0.6 is 0 Å². The minimum absolute atomic E-state index is 0.0493. The van der Waals surface area contributed by atoms with Gasteiger partial charge in [-0.15, -0.1) is 0 Å². The van der Waals surface area contributed by atoms with Crippen LogP contribution in [-0.4, -0.2) is 33.6 Å². The van der Waals surface area contributed by atoms with Gasteiger partial charge in [-0.3, -0.25) is 24.4 Å². The molecule has 0 unspecified atom stereocenters. The second-order valence-corrected chi connectivity index (χ2v) is 6.16. The molecule has 0 aliphatic heterocycles. The van der Waals surface area contributed by atoms with Crippen molar-refractivity contribution in [3.05, 3.63) is 77.4 Å². The highest BCUT2D eigenvalue weighted by atomic mass is 19.4. The number of carbonyl (C=O) groups is 3. The van der Waals surface area contributed by atoms with Gasteiger partial charge in [0.15, 0.2) is 5.78 Å². The van der Waals surface area contributed by atoms with Crippen LogP contribution in [0.1, 0.15) is 32.0 Å². The van der Waals surface area contributed by atoms with E-state index in [1.165, 1.54) is 55.0 Å². The summed E-state index contributed by atoms with van der Waals surface area (Å²) in [6.45, 7) is 0. The van der Waals surface area contributed by atoms with Gasteiger partial charge >= 0.3 is 12.1 Å². The van der Waals surface area contributed by atoms with Gasteiger partial charge in [0.25, 0.3) is 0 Å². The Kier molecular flexibility index (Phi) is 4.22. The van der Waals surface area contributed by atoms with Gasteiger partial charge in [0.05, 0.1) is 11.1 Å². The Balaban J connectivity index is 1.89. The highest BCUT2D eigenvalue weighted by Crippen LogP contribution is 2.36. The Labute approximate surface area is 161 Å². The Hall–Kier alpha value is -3.88. The first-order valence-electron chi connectivity index (χ1n) is 8.29. The fourth-order valence-corrected chi connectivity index (χ4v) is 3.14. The molecule has 2 heterocycles. The fourth-order valence-electron chi connectivity index (χ4n) is 3.14. The number of pyridine rings is 2. The molecule has 1 amide bonds. The number of ketones is 2. The van der Waals surface area contributed by atoms with Crippen molar-refractivity contribution in [3.63, 3.8) is 0 Å². The third-order valence-corrected chi connectivity index (χ3v) is 4.43. The number of carbonyl (C=O) groups excluding carboxylic acids is 3. The van der Waals surface area contributed by atoms with Gasteiger partial charge in [-0.1, -0.05) is 18.2 Å². The highest BCUT2D eigenvalue weighted by molar-refractivity contribution is 6.29. The van der Waals surface area contributed by atoms with Crippen molar-refractivity contribution in [2.75, 3.05) is 5.32 Å². The van der Waals surface area contributed by atoms with Crippen LogP contribution < -0.4 is 5.32 Å². The van der Waals surface area contributed by atoms with Gasteiger partial charge < -0.3 is 5.32 Å². The van der Waals surface area contributed by atoms with E-state index in [-0.39, 0.29) is 39.2 Å². The van der Waals surface area contributed by atoms with Gasteiger partial charge in [-0.25, -0.2) is 0 Å². The molecule has 0 fully saturated rings. The van der Waals surface area contributed by atoms with Gasteiger partial charge in [-0.2, -0.15) is 13.2 Å². The second-order valence-electron chi connectivity index (χ2n) is 6.16. The Bertz CT molecular complexity index is 1190. The van der Waals surface area contributed by atoms with Gasteiger partial charge in [0.1, 0.15) is 5.69 Å². The molecule has 0 radical (unpaired) electrons. The average molecular weight is 397 g/mol. The van der Waals surface area contributed by atoms with Crippen LogP contribution in [0.15, 0.2) is 55.0 Å². The zero-order chi connectivity index (χ0) is 20.8. The Morgan fingerprint density at radius 3 is 2.34 bits per heavy atom. The number of nitrogens with zero attached hydrogens (tertiary/aromatic N) is 2. The van der Waals surface area contributed by atoms with E-state index in [0.717, 1.165) is 0 Å². The maximum atomic E-state index is 13.0. The maximum absolute atomic E-state index is 13.0. The summed E-state index contributed by atoms with van der Waals surface area (Å²) in [4.78, 5) is 45.1. The van der Waals surface area contributed by atoms with E-state index in [2.05, 4.69) is 9.97 Å². The summed E-state index contributed by atoms with van der Waals surface area (Å²) in [5.74, 6) is -3.16. The molecule has 1 aromatic carbocycles. The summed E-state index contributed by atoms with van der Waals surface area (Å²) in [5, 5.41) is 1.81. The molecular weight excluding hydrogens is 387 g/mol. The molecule has 6 nitrogen and oxygen atoms in total. The van der Waals surface area contributed by atoms with Crippen molar-refractivity contribution < 1.29 is 27.6 Å². The van der Waals surface area contributed by atoms with Crippen molar-refractivity contribution in [1.82, 2.24) is 9.97 Å².